The highest BCUT2D eigenvalue weighted by Gasteiger charge is 1.90. The first-order valence-electron chi connectivity index (χ1n) is 3.15. The van der Waals surface area contributed by atoms with Gasteiger partial charge in [0, 0.05) is 6.20 Å². The summed E-state index contributed by atoms with van der Waals surface area (Å²) >= 11 is 4.94. The average molecular weight is 155 g/mol. The summed E-state index contributed by atoms with van der Waals surface area (Å²) in [5.41, 5.74) is 0. The first-order chi connectivity index (χ1) is 4.84. The molecule has 1 aromatic heterocycles. The minimum Gasteiger partial charge on any atom is -0.491 e. The van der Waals surface area contributed by atoms with E-state index < -0.39 is 0 Å². The van der Waals surface area contributed by atoms with E-state index in [1.54, 1.807) is 6.20 Å². The molecular weight excluding hydrogens is 146 g/mol. The molecule has 0 saturated heterocycles. The van der Waals surface area contributed by atoms with Crippen molar-refractivity contribution < 1.29 is 4.74 Å². The van der Waals surface area contributed by atoms with Crippen LogP contribution in [0.25, 0.3) is 0 Å². The Hall–Kier alpha value is -0.830. The zero-order valence-electron chi connectivity index (χ0n) is 5.76. The van der Waals surface area contributed by atoms with Gasteiger partial charge in [-0.2, -0.15) is 0 Å². The van der Waals surface area contributed by atoms with E-state index in [1.807, 2.05) is 19.1 Å². The Morgan fingerprint density at radius 2 is 2.50 bits per heavy atom. The zero-order chi connectivity index (χ0) is 7.40. The summed E-state index contributed by atoms with van der Waals surface area (Å²) in [5, 5.41) is 0. The van der Waals surface area contributed by atoms with Crippen LogP contribution in [0.2, 0.25) is 0 Å². The lowest BCUT2D eigenvalue weighted by molar-refractivity contribution is 0.337. The van der Waals surface area contributed by atoms with Crippen LogP contribution in [0.15, 0.2) is 18.3 Å². The van der Waals surface area contributed by atoms with E-state index in [0.29, 0.717) is 11.2 Å². The number of rotatable bonds is 2. The van der Waals surface area contributed by atoms with Crippen molar-refractivity contribution in [2.45, 2.75) is 6.92 Å². The summed E-state index contributed by atoms with van der Waals surface area (Å²) in [7, 11) is 0. The lowest BCUT2D eigenvalue weighted by atomic mass is 10.5. The number of H-pyrrole nitrogens is 1. The van der Waals surface area contributed by atoms with Gasteiger partial charge in [0.05, 0.1) is 6.61 Å². The van der Waals surface area contributed by atoms with Gasteiger partial charge in [-0.15, -0.1) is 0 Å². The number of aromatic nitrogens is 1. The molecule has 0 aromatic carbocycles. The van der Waals surface area contributed by atoms with Crippen LogP contribution in [-0.4, -0.2) is 11.6 Å². The Balaban J connectivity index is 2.92. The molecule has 0 amide bonds. The summed E-state index contributed by atoms with van der Waals surface area (Å²) in [6.07, 6.45) is 1.78. The van der Waals surface area contributed by atoms with E-state index in [2.05, 4.69) is 4.98 Å². The molecule has 0 aliphatic rings. The number of hydrogen-bond acceptors (Lipinski definition) is 2. The fourth-order valence-electron chi connectivity index (χ4n) is 0.675. The Morgan fingerprint density at radius 1 is 1.70 bits per heavy atom. The molecule has 0 atom stereocenters. The highest BCUT2D eigenvalue weighted by molar-refractivity contribution is 7.71. The normalized spacial score (nSPS) is 9.30. The van der Waals surface area contributed by atoms with Crippen molar-refractivity contribution in [1.29, 1.82) is 0 Å². The standard InChI is InChI=1S/C7H9NOS/c1-2-9-6-4-3-5-8-7(6)10/h3-5H,2H2,1H3,(H,8,10). The summed E-state index contributed by atoms with van der Waals surface area (Å²) in [6.45, 7) is 2.59. The van der Waals surface area contributed by atoms with E-state index in [0.717, 1.165) is 5.75 Å². The first-order valence-corrected chi connectivity index (χ1v) is 3.56. The maximum atomic E-state index is 5.20. The lowest BCUT2D eigenvalue weighted by Crippen LogP contribution is -1.92. The van der Waals surface area contributed by atoms with Gasteiger partial charge < -0.3 is 9.72 Å². The van der Waals surface area contributed by atoms with Crippen molar-refractivity contribution in [3.63, 3.8) is 0 Å². The molecule has 0 bridgehead atoms. The Labute approximate surface area is 64.9 Å². The third-order valence-corrected chi connectivity index (χ3v) is 1.40. The van der Waals surface area contributed by atoms with Gasteiger partial charge in [-0.3, -0.25) is 0 Å². The van der Waals surface area contributed by atoms with E-state index >= 15 is 0 Å². The van der Waals surface area contributed by atoms with E-state index in [9.17, 15) is 0 Å². The number of pyridine rings is 1. The van der Waals surface area contributed by atoms with Gasteiger partial charge in [0.1, 0.15) is 4.64 Å². The number of hydrogen-bond donors (Lipinski definition) is 1. The van der Waals surface area contributed by atoms with Crippen molar-refractivity contribution in [1.82, 2.24) is 4.98 Å². The molecular formula is C7H9NOS. The molecule has 1 aromatic rings. The largest absolute Gasteiger partial charge is 0.491 e. The third-order valence-electron chi connectivity index (χ3n) is 1.08. The van der Waals surface area contributed by atoms with Gasteiger partial charge in [-0.1, -0.05) is 12.2 Å². The van der Waals surface area contributed by atoms with Crippen LogP contribution in [0.4, 0.5) is 0 Å². The summed E-state index contributed by atoms with van der Waals surface area (Å²) < 4.78 is 5.86. The third kappa shape index (κ3) is 1.57. The van der Waals surface area contributed by atoms with E-state index in [4.69, 9.17) is 17.0 Å². The summed E-state index contributed by atoms with van der Waals surface area (Å²) in [6, 6.07) is 3.71. The molecule has 0 unspecified atom stereocenters. The van der Waals surface area contributed by atoms with Gasteiger partial charge in [0.2, 0.25) is 0 Å². The van der Waals surface area contributed by atoms with Crippen molar-refractivity contribution in [3.8, 4) is 5.75 Å². The maximum absolute atomic E-state index is 5.20. The smallest absolute Gasteiger partial charge is 0.153 e. The predicted molar refractivity (Wildman–Crippen MR) is 42.8 cm³/mol. The molecule has 0 aliphatic heterocycles. The minimum atomic E-state index is 0.654. The molecule has 0 spiro atoms. The molecule has 0 saturated carbocycles. The second kappa shape index (κ2) is 3.37. The van der Waals surface area contributed by atoms with Crippen molar-refractivity contribution in [2.24, 2.45) is 0 Å². The molecule has 1 N–H and O–H groups in total. The highest BCUT2D eigenvalue weighted by atomic mass is 32.1. The zero-order valence-corrected chi connectivity index (χ0v) is 6.57. The Kier molecular flexibility index (Phi) is 2.45. The van der Waals surface area contributed by atoms with Crippen LogP contribution in [0.1, 0.15) is 6.92 Å². The van der Waals surface area contributed by atoms with Gasteiger partial charge in [0.15, 0.2) is 5.75 Å². The second-order valence-electron chi connectivity index (χ2n) is 1.80. The molecule has 1 heterocycles. The molecule has 0 radical (unpaired) electrons. The van der Waals surface area contributed by atoms with Crippen LogP contribution >= 0.6 is 12.2 Å². The van der Waals surface area contributed by atoms with Crippen molar-refractivity contribution in [3.05, 3.63) is 23.0 Å². The monoisotopic (exact) mass is 155 g/mol. The van der Waals surface area contributed by atoms with Crippen LogP contribution in [0.5, 0.6) is 5.75 Å². The molecule has 3 heteroatoms. The fraction of sp³-hybridized carbons (Fsp3) is 0.286. The molecule has 0 aliphatic carbocycles. The summed E-state index contributed by atoms with van der Waals surface area (Å²) in [4.78, 5) is 2.87. The molecule has 2 nitrogen and oxygen atoms in total. The quantitative estimate of drug-likeness (QED) is 0.662. The van der Waals surface area contributed by atoms with Crippen molar-refractivity contribution >= 4 is 12.2 Å². The molecule has 1 rings (SSSR count). The predicted octanol–water partition coefficient (Wildman–Crippen LogP) is 2.14. The Bertz CT molecular complexity index is 256. The highest BCUT2D eigenvalue weighted by Crippen LogP contribution is 2.08. The van der Waals surface area contributed by atoms with Crippen LogP contribution in [0.3, 0.4) is 0 Å². The summed E-state index contributed by atoms with van der Waals surface area (Å²) in [5.74, 6) is 0.750. The molecule has 10 heavy (non-hydrogen) atoms. The van der Waals surface area contributed by atoms with Gasteiger partial charge in [-0.25, -0.2) is 0 Å². The Morgan fingerprint density at radius 3 is 3.10 bits per heavy atom. The fourth-order valence-corrected chi connectivity index (χ4v) is 0.870. The lowest BCUT2D eigenvalue weighted by Gasteiger charge is -2.00. The van der Waals surface area contributed by atoms with Crippen LogP contribution < -0.4 is 4.74 Å². The van der Waals surface area contributed by atoms with Gasteiger partial charge in [-0.05, 0) is 19.1 Å². The maximum Gasteiger partial charge on any atom is 0.153 e. The number of ether oxygens (including phenoxy) is 1. The van der Waals surface area contributed by atoms with Crippen LogP contribution in [0, 0.1) is 4.64 Å². The van der Waals surface area contributed by atoms with Crippen LogP contribution in [-0.2, 0) is 0 Å². The molecule has 0 fully saturated rings. The van der Waals surface area contributed by atoms with Gasteiger partial charge >= 0.3 is 0 Å². The second-order valence-corrected chi connectivity index (χ2v) is 2.20. The van der Waals surface area contributed by atoms with Crippen molar-refractivity contribution in [2.75, 3.05) is 6.61 Å². The average Bonchev–Trinajstić information content (AvgIpc) is 1.94. The first kappa shape index (κ1) is 7.28. The SMILES string of the molecule is CCOc1ccc[nH]c1=S. The number of aromatic amines is 1. The number of nitrogens with one attached hydrogen (secondary N) is 1. The minimum absolute atomic E-state index is 0.654. The van der Waals surface area contributed by atoms with E-state index in [1.165, 1.54) is 0 Å². The topological polar surface area (TPSA) is 25.0 Å². The van der Waals surface area contributed by atoms with Gasteiger partial charge in [0.25, 0.3) is 0 Å². The molecule has 54 valence electrons. The van der Waals surface area contributed by atoms with E-state index in [-0.39, 0.29) is 0 Å².